The Bertz CT molecular complexity index is 412. The third kappa shape index (κ3) is 6.50. The van der Waals surface area contributed by atoms with Crippen LogP contribution in [0.5, 0.6) is 0 Å². The first-order valence-electron chi connectivity index (χ1n) is 5.63. The first kappa shape index (κ1) is 17.8. The lowest BCUT2D eigenvalue weighted by Crippen LogP contribution is -3.00. The second-order valence-electron chi connectivity index (χ2n) is 4.21. The number of nitrogens with one attached hydrogen (secondary N) is 1. The Labute approximate surface area is 122 Å². The molecule has 1 atom stereocenters. The maximum Gasteiger partial charge on any atom is 0.326 e. The molecular weight excluding hydrogens is 286 g/mol. The SMILES string of the molecule is C[S+](C)CCC(NC(=O)c1ccccc1)C(=O)O.[Cl-]. The first-order chi connectivity index (χ1) is 8.50. The molecule has 1 aromatic rings. The number of rotatable bonds is 6. The van der Waals surface area contributed by atoms with Crippen molar-refractivity contribution in [1.82, 2.24) is 5.32 Å². The van der Waals surface area contributed by atoms with E-state index in [4.69, 9.17) is 5.11 Å². The molecule has 0 bridgehead atoms. The molecule has 0 spiro atoms. The van der Waals surface area contributed by atoms with Crippen LogP contribution in [0.4, 0.5) is 0 Å². The molecule has 0 aromatic heterocycles. The van der Waals surface area contributed by atoms with Crippen molar-refractivity contribution in [2.24, 2.45) is 0 Å². The minimum absolute atomic E-state index is 0. The summed E-state index contributed by atoms with van der Waals surface area (Å²) in [6.07, 6.45) is 4.57. The molecule has 0 radical (unpaired) electrons. The molecule has 4 nitrogen and oxygen atoms in total. The first-order valence-corrected chi connectivity index (χ1v) is 7.84. The van der Waals surface area contributed by atoms with E-state index in [0.717, 1.165) is 5.75 Å². The fraction of sp³-hybridized carbons (Fsp3) is 0.385. The summed E-state index contributed by atoms with van der Waals surface area (Å²) in [5.41, 5.74) is 0.482. The Hall–Kier alpha value is -1.20. The molecule has 1 amide bonds. The number of carbonyl (C=O) groups is 2. The van der Waals surface area contributed by atoms with Crippen LogP contribution in [0.2, 0.25) is 0 Å². The summed E-state index contributed by atoms with van der Waals surface area (Å²) in [7, 11) is 0.173. The zero-order chi connectivity index (χ0) is 13.5. The zero-order valence-electron chi connectivity index (χ0n) is 10.9. The summed E-state index contributed by atoms with van der Waals surface area (Å²) < 4.78 is 0. The van der Waals surface area contributed by atoms with Gasteiger partial charge in [-0.15, -0.1) is 0 Å². The number of hydrogen-bond acceptors (Lipinski definition) is 2. The highest BCUT2D eigenvalue weighted by atomic mass is 35.5. The number of carboxylic acids is 1. The van der Waals surface area contributed by atoms with E-state index in [9.17, 15) is 9.59 Å². The zero-order valence-corrected chi connectivity index (χ0v) is 12.5. The number of aliphatic carboxylic acids is 1. The molecule has 0 fully saturated rings. The van der Waals surface area contributed by atoms with Crippen LogP contribution in [0.25, 0.3) is 0 Å². The molecule has 2 N–H and O–H groups in total. The molecule has 106 valence electrons. The summed E-state index contributed by atoms with van der Waals surface area (Å²) >= 11 is 0. The summed E-state index contributed by atoms with van der Waals surface area (Å²) in [6, 6.07) is 7.83. The Balaban J connectivity index is 0.00000324. The fourth-order valence-corrected chi connectivity index (χ4v) is 2.15. The lowest BCUT2D eigenvalue weighted by Gasteiger charge is -2.13. The molecule has 1 rings (SSSR count). The summed E-state index contributed by atoms with van der Waals surface area (Å²) in [5.74, 6) is -0.522. The maximum absolute atomic E-state index is 11.8. The van der Waals surface area contributed by atoms with Gasteiger partial charge in [-0.2, -0.15) is 0 Å². The van der Waals surface area contributed by atoms with Gasteiger partial charge < -0.3 is 22.8 Å². The summed E-state index contributed by atoms with van der Waals surface area (Å²) in [5, 5.41) is 11.6. The van der Waals surface area contributed by atoms with Crippen LogP contribution in [0, 0.1) is 0 Å². The van der Waals surface area contributed by atoms with E-state index in [1.54, 1.807) is 24.3 Å². The van der Waals surface area contributed by atoms with E-state index in [1.165, 1.54) is 0 Å². The standard InChI is InChI=1S/C13H17NO3S.ClH/c1-18(2)9-8-11(13(16)17)14-12(15)10-6-4-3-5-7-10;/h3-7,11H,8-9H2,1-2H3,(H-,14,15,16,17);1H. The Morgan fingerprint density at radius 1 is 1.26 bits per heavy atom. The largest absolute Gasteiger partial charge is 1.00 e. The second-order valence-corrected chi connectivity index (χ2v) is 6.59. The highest BCUT2D eigenvalue weighted by Crippen LogP contribution is 2.02. The third-order valence-electron chi connectivity index (χ3n) is 2.45. The minimum atomic E-state index is -0.982. The Kier molecular flexibility index (Phi) is 8.27. The number of hydrogen-bond donors (Lipinski definition) is 2. The maximum atomic E-state index is 11.8. The van der Waals surface area contributed by atoms with Crippen LogP contribution < -0.4 is 17.7 Å². The van der Waals surface area contributed by atoms with Gasteiger partial charge in [-0.3, -0.25) is 4.79 Å². The van der Waals surface area contributed by atoms with Crippen molar-refractivity contribution >= 4 is 22.8 Å². The van der Waals surface area contributed by atoms with Gasteiger partial charge in [-0.05, 0) is 23.0 Å². The van der Waals surface area contributed by atoms with Gasteiger partial charge >= 0.3 is 5.97 Å². The van der Waals surface area contributed by atoms with Gasteiger partial charge in [0.2, 0.25) is 0 Å². The number of carbonyl (C=O) groups excluding carboxylic acids is 1. The van der Waals surface area contributed by atoms with Gasteiger partial charge in [0.25, 0.3) is 5.91 Å². The minimum Gasteiger partial charge on any atom is -1.00 e. The normalized spacial score (nSPS) is 11.5. The van der Waals surface area contributed by atoms with Crippen molar-refractivity contribution < 1.29 is 27.1 Å². The number of halogens is 1. The smallest absolute Gasteiger partial charge is 0.326 e. The van der Waals surface area contributed by atoms with E-state index in [2.05, 4.69) is 17.8 Å². The Morgan fingerprint density at radius 3 is 2.32 bits per heavy atom. The lowest BCUT2D eigenvalue weighted by molar-refractivity contribution is -0.139. The molecule has 1 unspecified atom stereocenters. The van der Waals surface area contributed by atoms with Gasteiger partial charge in [0.05, 0.1) is 12.5 Å². The van der Waals surface area contributed by atoms with Gasteiger partial charge in [0.15, 0.2) is 0 Å². The van der Waals surface area contributed by atoms with Crippen molar-refractivity contribution in [3.05, 3.63) is 35.9 Å². The number of carboxylic acid groups (broad SMARTS) is 1. The summed E-state index contributed by atoms with van der Waals surface area (Å²) in [4.78, 5) is 22.9. The van der Waals surface area contributed by atoms with E-state index < -0.39 is 12.0 Å². The second kappa shape index (κ2) is 8.82. The average Bonchev–Trinajstić information content (AvgIpc) is 2.34. The van der Waals surface area contributed by atoms with Gasteiger partial charge in [-0.1, -0.05) is 18.2 Å². The molecule has 0 saturated heterocycles. The molecule has 0 aliphatic heterocycles. The Morgan fingerprint density at radius 2 is 1.84 bits per heavy atom. The van der Waals surface area contributed by atoms with Crippen molar-refractivity contribution in [1.29, 1.82) is 0 Å². The molecule has 6 heteroatoms. The van der Waals surface area contributed by atoms with Crippen LogP contribution in [-0.2, 0) is 15.7 Å². The fourth-order valence-electron chi connectivity index (χ4n) is 1.44. The average molecular weight is 304 g/mol. The quantitative estimate of drug-likeness (QED) is 0.606. The topological polar surface area (TPSA) is 66.4 Å². The molecule has 0 saturated carbocycles. The molecule has 0 aliphatic rings. The van der Waals surface area contributed by atoms with Crippen LogP contribution in [0.1, 0.15) is 16.8 Å². The van der Waals surface area contributed by atoms with E-state index >= 15 is 0 Å². The van der Waals surface area contributed by atoms with Gasteiger partial charge in [0.1, 0.15) is 11.8 Å². The monoisotopic (exact) mass is 303 g/mol. The van der Waals surface area contributed by atoms with Crippen LogP contribution in [0.15, 0.2) is 30.3 Å². The van der Waals surface area contributed by atoms with E-state index in [0.29, 0.717) is 12.0 Å². The molecule has 0 aliphatic carbocycles. The van der Waals surface area contributed by atoms with Crippen molar-refractivity contribution in [2.75, 3.05) is 18.3 Å². The predicted molar refractivity (Wildman–Crippen MR) is 74.0 cm³/mol. The highest BCUT2D eigenvalue weighted by Gasteiger charge is 2.22. The van der Waals surface area contributed by atoms with Crippen LogP contribution >= 0.6 is 0 Å². The van der Waals surface area contributed by atoms with E-state index in [1.807, 2.05) is 6.07 Å². The predicted octanol–water partition coefficient (Wildman–Crippen LogP) is -1.86. The summed E-state index contributed by atoms with van der Waals surface area (Å²) in [6.45, 7) is 0. The highest BCUT2D eigenvalue weighted by molar-refractivity contribution is 7.95. The van der Waals surface area contributed by atoms with Gasteiger partial charge in [0, 0.05) is 12.0 Å². The third-order valence-corrected chi connectivity index (χ3v) is 3.51. The van der Waals surface area contributed by atoms with Gasteiger partial charge in [-0.25, -0.2) is 4.79 Å². The molecule has 0 heterocycles. The molecule has 19 heavy (non-hydrogen) atoms. The van der Waals surface area contributed by atoms with Crippen molar-refractivity contribution in [3.8, 4) is 0 Å². The van der Waals surface area contributed by atoms with Crippen molar-refractivity contribution in [2.45, 2.75) is 12.5 Å². The number of benzene rings is 1. The lowest BCUT2D eigenvalue weighted by atomic mass is 10.1. The van der Waals surface area contributed by atoms with Crippen LogP contribution in [-0.4, -0.2) is 41.3 Å². The van der Waals surface area contributed by atoms with Crippen LogP contribution in [0.3, 0.4) is 0 Å². The van der Waals surface area contributed by atoms with E-state index in [-0.39, 0.29) is 29.2 Å². The van der Waals surface area contributed by atoms with Crippen molar-refractivity contribution in [3.63, 3.8) is 0 Å². The molecular formula is C13H18ClNO3S. The number of amides is 1. The molecule has 1 aromatic carbocycles.